The Morgan fingerprint density at radius 1 is 1.25 bits per heavy atom. The summed E-state index contributed by atoms with van der Waals surface area (Å²) in [7, 11) is 0.685. The third kappa shape index (κ3) is 15.3. The van der Waals surface area contributed by atoms with Gasteiger partial charge in [0.2, 0.25) is 0 Å². The van der Waals surface area contributed by atoms with Crippen LogP contribution in [0.5, 0.6) is 0 Å². The first-order valence-electron chi connectivity index (χ1n) is 12.9. The standard InChI is InChI=1S/C23H34N4O4S.C3H4Cl2.C3H6/c1-6-11-24-22(28)18(8-7-14-32(5,30)31)16-21-20(15-17(2)25-21)23(29)27(4)19-9-12-26(3)13-10-19;4-2-1-3-5;1-3-2/h6-8,11,15-16,19,25H,9-10,12-14H2,1-5H3,(H,24,28);1-2H,3H2;3H,1H2,2H3/b8-7+,11-6+,18-16-;2-1+;. The molecule has 1 aliphatic heterocycles. The van der Waals surface area contributed by atoms with E-state index in [1.165, 1.54) is 23.9 Å². The summed E-state index contributed by atoms with van der Waals surface area (Å²) in [4.78, 5) is 33.1. The van der Waals surface area contributed by atoms with Crippen molar-refractivity contribution in [2.24, 2.45) is 0 Å². The topological polar surface area (TPSA) is 103 Å². The van der Waals surface area contributed by atoms with E-state index < -0.39 is 15.7 Å². The fourth-order valence-electron chi connectivity index (χ4n) is 3.61. The summed E-state index contributed by atoms with van der Waals surface area (Å²) in [6, 6.07) is 1.94. The van der Waals surface area contributed by atoms with Gasteiger partial charge in [-0.15, -0.1) is 18.2 Å². The first-order valence-corrected chi connectivity index (χ1v) is 15.9. The third-order valence-corrected chi connectivity index (χ3v) is 6.74. The summed E-state index contributed by atoms with van der Waals surface area (Å²) in [5.74, 6) is -0.190. The van der Waals surface area contributed by atoms with E-state index in [4.69, 9.17) is 23.2 Å². The normalized spacial score (nSPS) is 14.9. The Labute approximate surface area is 250 Å². The number of rotatable bonds is 9. The highest BCUT2D eigenvalue weighted by Gasteiger charge is 2.26. The number of hydrogen-bond donors (Lipinski definition) is 2. The number of likely N-dealkylation sites (tertiary alicyclic amines) is 1. The number of allylic oxidation sites excluding steroid dienone is 3. The molecular weight excluding hydrogens is 571 g/mol. The predicted octanol–water partition coefficient (Wildman–Crippen LogP) is 5.29. The van der Waals surface area contributed by atoms with Gasteiger partial charge in [-0.25, -0.2) is 8.42 Å². The van der Waals surface area contributed by atoms with Gasteiger partial charge in [-0.05, 0) is 72.1 Å². The predicted molar refractivity (Wildman–Crippen MR) is 170 cm³/mol. The number of aryl methyl sites for hydroxylation is 1. The number of aromatic nitrogens is 1. The van der Waals surface area contributed by atoms with Crippen LogP contribution in [-0.4, -0.2) is 86.1 Å². The van der Waals surface area contributed by atoms with Crippen molar-refractivity contribution in [2.75, 3.05) is 45.1 Å². The molecule has 8 nitrogen and oxygen atoms in total. The van der Waals surface area contributed by atoms with Gasteiger partial charge in [0.25, 0.3) is 11.8 Å². The maximum atomic E-state index is 13.3. The van der Waals surface area contributed by atoms with E-state index >= 15 is 0 Å². The highest BCUT2D eigenvalue weighted by atomic mass is 35.5. The summed E-state index contributed by atoms with van der Waals surface area (Å²) in [5, 5.41) is 2.63. The van der Waals surface area contributed by atoms with Crippen LogP contribution in [0.25, 0.3) is 6.08 Å². The molecule has 40 heavy (non-hydrogen) atoms. The van der Waals surface area contributed by atoms with Crippen molar-refractivity contribution in [3.8, 4) is 0 Å². The number of sulfone groups is 1. The first-order chi connectivity index (χ1) is 18.8. The quantitative estimate of drug-likeness (QED) is 0.170. The Morgan fingerprint density at radius 2 is 1.85 bits per heavy atom. The van der Waals surface area contributed by atoms with Crippen LogP contribution >= 0.6 is 23.2 Å². The minimum atomic E-state index is -3.21. The van der Waals surface area contributed by atoms with E-state index in [9.17, 15) is 18.0 Å². The number of piperidine rings is 1. The van der Waals surface area contributed by atoms with Crippen molar-refractivity contribution in [3.05, 3.63) is 77.3 Å². The number of nitrogens with one attached hydrogen (secondary N) is 2. The fraction of sp³-hybridized carbons (Fsp3) is 0.448. The molecule has 1 aromatic heterocycles. The number of nitrogens with zero attached hydrogens (tertiary/aromatic N) is 2. The number of carbonyl (C=O) groups excluding carboxylic acids is 2. The van der Waals surface area contributed by atoms with Gasteiger partial charge in [-0.2, -0.15) is 0 Å². The molecule has 1 saturated heterocycles. The van der Waals surface area contributed by atoms with Crippen molar-refractivity contribution in [3.63, 3.8) is 0 Å². The van der Waals surface area contributed by atoms with Crippen LogP contribution < -0.4 is 5.32 Å². The summed E-state index contributed by atoms with van der Waals surface area (Å²) in [6.45, 7) is 10.8. The Bertz CT molecular complexity index is 1160. The number of alkyl halides is 1. The van der Waals surface area contributed by atoms with Crippen LogP contribution in [0.4, 0.5) is 0 Å². The smallest absolute Gasteiger partial charge is 0.256 e. The molecule has 224 valence electrons. The Balaban J connectivity index is 0.00000167. The zero-order valence-corrected chi connectivity index (χ0v) is 26.7. The molecule has 0 aromatic carbocycles. The lowest BCUT2D eigenvalue weighted by Gasteiger charge is -2.35. The molecular formula is C29H44Cl2N4O4S. The minimum Gasteiger partial charge on any atom is -0.358 e. The molecule has 2 heterocycles. The Morgan fingerprint density at radius 3 is 2.33 bits per heavy atom. The zero-order chi connectivity index (χ0) is 30.7. The third-order valence-electron chi connectivity index (χ3n) is 5.59. The lowest BCUT2D eigenvalue weighted by Crippen LogP contribution is -2.44. The van der Waals surface area contributed by atoms with E-state index in [0.717, 1.165) is 37.9 Å². The van der Waals surface area contributed by atoms with Crippen molar-refractivity contribution in [1.29, 1.82) is 0 Å². The van der Waals surface area contributed by atoms with Gasteiger partial charge in [0.15, 0.2) is 9.84 Å². The molecule has 0 saturated carbocycles. The second-order valence-electron chi connectivity index (χ2n) is 9.22. The number of amides is 2. The molecule has 2 N–H and O–H groups in total. The maximum Gasteiger partial charge on any atom is 0.256 e. The van der Waals surface area contributed by atoms with Crippen molar-refractivity contribution >= 4 is 50.9 Å². The minimum absolute atomic E-state index is 0.108. The Hall–Kier alpha value is -2.59. The second kappa shape index (κ2) is 20.3. The van der Waals surface area contributed by atoms with Crippen LogP contribution in [0.15, 0.2) is 60.3 Å². The molecule has 2 amide bonds. The maximum absolute atomic E-state index is 13.3. The van der Waals surface area contributed by atoms with Crippen LogP contribution in [0.2, 0.25) is 0 Å². The van der Waals surface area contributed by atoms with Crippen LogP contribution in [-0.2, 0) is 14.6 Å². The van der Waals surface area contributed by atoms with Crippen molar-refractivity contribution in [1.82, 2.24) is 20.1 Å². The largest absolute Gasteiger partial charge is 0.358 e. The number of aromatic amines is 1. The molecule has 1 aliphatic rings. The number of carbonyl (C=O) groups is 2. The van der Waals surface area contributed by atoms with E-state index in [1.807, 2.05) is 20.9 Å². The lowest BCUT2D eigenvalue weighted by molar-refractivity contribution is -0.116. The first kappa shape index (κ1) is 37.4. The van der Waals surface area contributed by atoms with Gasteiger partial charge in [-0.1, -0.05) is 42.0 Å². The van der Waals surface area contributed by atoms with E-state index in [1.54, 1.807) is 42.2 Å². The van der Waals surface area contributed by atoms with E-state index in [2.05, 4.69) is 28.8 Å². The van der Waals surface area contributed by atoms with Gasteiger partial charge >= 0.3 is 0 Å². The van der Waals surface area contributed by atoms with E-state index in [0.29, 0.717) is 17.1 Å². The summed E-state index contributed by atoms with van der Waals surface area (Å²) in [5.41, 5.74) is 3.43. The van der Waals surface area contributed by atoms with Gasteiger partial charge in [0.05, 0.1) is 17.0 Å². The molecule has 0 radical (unpaired) electrons. The van der Waals surface area contributed by atoms with Crippen molar-refractivity contribution in [2.45, 2.75) is 39.7 Å². The highest BCUT2D eigenvalue weighted by molar-refractivity contribution is 7.90. The molecule has 1 aromatic rings. The Kier molecular flexibility index (Phi) is 19.0. The summed E-state index contributed by atoms with van der Waals surface area (Å²) in [6.07, 6.45) is 14.0. The highest BCUT2D eigenvalue weighted by Crippen LogP contribution is 2.21. The van der Waals surface area contributed by atoms with Crippen LogP contribution in [0.1, 0.15) is 48.4 Å². The molecule has 0 aliphatic carbocycles. The van der Waals surface area contributed by atoms with Crippen LogP contribution in [0.3, 0.4) is 0 Å². The molecule has 2 rings (SSSR count). The summed E-state index contributed by atoms with van der Waals surface area (Å²) >= 11 is 10.2. The van der Waals surface area contributed by atoms with E-state index in [-0.39, 0.29) is 23.3 Å². The fourth-order valence-corrected chi connectivity index (χ4v) is 4.32. The average molecular weight is 616 g/mol. The molecule has 0 unspecified atom stereocenters. The van der Waals surface area contributed by atoms with Gasteiger partial charge in [-0.3, -0.25) is 9.59 Å². The van der Waals surface area contributed by atoms with Gasteiger partial charge < -0.3 is 20.1 Å². The number of halogens is 2. The summed E-state index contributed by atoms with van der Waals surface area (Å²) < 4.78 is 22.9. The second-order valence-corrected chi connectivity index (χ2v) is 12.0. The molecule has 0 bridgehead atoms. The molecule has 1 fully saturated rings. The number of hydrogen-bond acceptors (Lipinski definition) is 5. The van der Waals surface area contributed by atoms with Crippen LogP contribution in [0, 0.1) is 6.92 Å². The molecule has 0 spiro atoms. The van der Waals surface area contributed by atoms with Gasteiger partial charge in [0.1, 0.15) is 0 Å². The average Bonchev–Trinajstić information content (AvgIpc) is 3.26. The SMILES string of the molecule is C/C=C/NC(=O)C(=C\c1[nH]c(C)cc1C(=O)N(C)C1CCN(C)CC1)/C=C/CS(C)(=O)=O.C=CC.Cl/C=C/CCl. The lowest BCUT2D eigenvalue weighted by atomic mass is 10.0. The molecule has 11 heteroatoms. The van der Waals surface area contributed by atoms with Crippen molar-refractivity contribution < 1.29 is 18.0 Å². The molecule has 0 atom stereocenters. The number of H-pyrrole nitrogens is 1. The monoisotopic (exact) mass is 614 g/mol. The van der Waals surface area contributed by atoms with Gasteiger partial charge in [0, 0.05) is 42.0 Å². The zero-order valence-electron chi connectivity index (χ0n) is 24.4.